The zero-order valence-electron chi connectivity index (χ0n) is 21.1. The first kappa shape index (κ1) is 25.2. The van der Waals surface area contributed by atoms with Gasteiger partial charge in [-0.15, -0.1) is 10.2 Å². The molecule has 35 heavy (non-hydrogen) atoms. The molecule has 0 saturated carbocycles. The number of carbonyl (C=O) groups excluding carboxylic acids is 2. The van der Waals surface area contributed by atoms with Gasteiger partial charge in [0.25, 0.3) is 0 Å². The second kappa shape index (κ2) is 10.8. The minimum Gasteiger partial charge on any atom is -0.497 e. The van der Waals surface area contributed by atoms with E-state index in [9.17, 15) is 9.59 Å². The number of methoxy groups -OCH3 is 1. The monoisotopic (exact) mass is 495 g/mol. The number of nitrogens with zero attached hydrogens (tertiary/aromatic N) is 4. The first-order chi connectivity index (χ1) is 16.8. The summed E-state index contributed by atoms with van der Waals surface area (Å²) in [6.07, 6.45) is 3.64. The van der Waals surface area contributed by atoms with Crippen LogP contribution in [0, 0.1) is 13.8 Å². The molecule has 8 nitrogen and oxygen atoms in total. The fraction of sp³-hybridized carbons (Fsp3) is 0.462. The van der Waals surface area contributed by atoms with Crippen molar-refractivity contribution < 1.29 is 14.3 Å². The van der Waals surface area contributed by atoms with Crippen LogP contribution in [0.3, 0.4) is 0 Å². The quantitative estimate of drug-likeness (QED) is 0.332. The fourth-order valence-electron chi connectivity index (χ4n) is 4.85. The van der Waals surface area contributed by atoms with E-state index in [1.54, 1.807) is 7.11 Å². The van der Waals surface area contributed by atoms with Gasteiger partial charge in [-0.2, -0.15) is 0 Å². The van der Waals surface area contributed by atoms with Crippen LogP contribution in [0.25, 0.3) is 5.69 Å². The highest BCUT2D eigenvalue weighted by molar-refractivity contribution is 7.99. The van der Waals surface area contributed by atoms with Gasteiger partial charge in [-0.3, -0.25) is 19.1 Å². The van der Waals surface area contributed by atoms with Gasteiger partial charge in [-0.1, -0.05) is 18.2 Å². The van der Waals surface area contributed by atoms with Gasteiger partial charge in [0.15, 0.2) is 22.5 Å². The summed E-state index contributed by atoms with van der Waals surface area (Å²) < 4.78 is 7.38. The van der Waals surface area contributed by atoms with Gasteiger partial charge in [0.1, 0.15) is 5.75 Å². The molecule has 0 amide bonds. The molecule has 186 valence electrons. The van der Waals surface area contributed by atoms with Crippen LogP contribution in [0.1, 0.15) is 77.1 Å². The van der Waals surface area contributed by atoms with Crippen LogP contribution in [0.4, 0.5) is 0 Å². The molecule has 3 aromatic rings. The van der Waals surface area contributed by atoms with E-state index in [2.05, 4.69) is 27.0 Å². The largest absolute Gasteiger partial charge is 0.497 e. The van der Waals surface area contributed by atoms with Gasteiger partial charge in [0, 0.05) is 16.9 Å². The number of aryl methyl sites for hydroxylation is 1. The van der Waals surface area contributed by atoms with Crippen LogP contribution in [0.2, 0.25) is 0 Å². The minimum absolute atomic E-state index is 0.0430. The SMILES string of the molecule is COc1ccc(-n2c(SCC(=O)c3[nH]c(C)c(C(C)=O)c3C)nnc2[C@@H](C)N2CCCCC2)cc1. The van der Waals surface area contributed by atoms with Crippen LogP contribution in [-0.2, 0) is 0 Å². The number of Topliss-reactive ketones (excluding diaryl/α,β-unsaturated/α-hetero) is 2. The maximum atomic E-state index is 13.1. The number of hydrogen-bond acceptors (Lipinski definition) is 7. The molecule has 0 bridgehead atoms. The van der Waals surface area contributed by atoms with E-state index in [1.807, 2.05) is 42.7 Å². The molecule has 2 aromatic heterocycles. The molecular formula is C26H33N5O3S. The molecule has 0 aliphatic carbocycles. The molecule has 1 aromatic carbocycles. The highest BCUT2D eigenvalue weighted by Crippen LogP contribution is 2.31. The van der Waals surface area contributed by atoms with E-state index < -0.39 is 0 Å². The molecule has 1 aliphatic heterocycles. The van der Waals surface area contributed by atoms with Crippen molar-refractivity contribution in [3.05, 3.63) is 52.6 Å². The fourth-order valence-corrected chi connectivity index (χ4v) is 5.68. The Morgan fingerprint density at radius 2 is 1.80 bits per heavy atom. The van der Waals surface area contributed by atoms with E-state index in [4.69, 9.17) is 4.74 Å². The summed E-state index contributed by atoms with van der Waals surface area (Å²) in [6.45, 7) is 9.42. The van der Waals surface area contributed by atoms with E-state index >= 15 is 0 Å². The molecule has 9 heteroatoms. The number of ether oxygens (including phenoxy) is 1. The van der Waals surface area contributed by atoms with Crippen LogP contribution in [0.5, 0.6) is 5.75 Å². The minimum atomic E-state index is -0.0713. The predicted octanol–water partition coefficient (Wildman–Crippen LogP) is 4.95. The number of aromatic nitrogens is 4. The van der Waals surface area contributed by atoms with Crippen molar-refractivity contribution in [2.24, 2.45) is 0 Å². The predicted molar refractivity (Wildman–Crippen MR) is 137 cm³/mol. The first-order valence-electron chi connectivity index (χ1n) is 12.0. The third-order valence-corrected chi connectivity index (χ3v) is 7.63. The number of ketones is 2. The van der Waals surface area contributed by atoms with Gasteiger partial charge in [-0.05, 0) is 83.5 Å². The van der Waals surface area contributed by atoms with E-state index in [0.717, 1.165) is 36.0 Å². The number of hydrogen-bond donors (Lipinski definition) is 1. The number of piperidine rings is 1. The van der Waals surface area contributed by atoms with E-state index in [0.29, 0.717) is 22.0 Å². The van der Waals surface area contributed by atoms with E-state index in [-0.39, 0.29) is 23.4 Å². The Hall–Kier alpha value is -2.91. The molecule has 0 spiro atoms. The molecule has 1 N–H and O–H groups in total. The van der Waals surface area contributed by atoms with Gasteiger partial charge in [0.2, 0.25) is 0 Å². The molecule has 1 aliphatic rings. The molecule has 3 heterocycles. The normalized spacial score (nSPS) is 15.2. The van der Waals surface area contributed by atoms with Gasteiger partial charge in [-0.25, -0.2) is 0 Å². The molecule has 0 radical (unpaired) electrons. The molecule has 4 rings (SSSR count). The van der Waals surface area contributed by atoms with Crippen molar-refractivity contribution in [1.29, 1.82) is 0 Å². The lowest BCUT2D eigenvalue weighted by Crippen LogP contribution is -2.33. The Kier molecular flexibility index (Phi) is 7.76. The maximum absolute atomic E-state index is 13.1. The van der Waals surface area contributed by atoms with Crippen molar-refractivity contribution in [2.45, 2.75) is 58.2 Å². The van der Waals surface area contributed by atoms with Crippen molar-refractivity contribution in [2.75, 3.05) is 26.0 Å². The number of nitrogens with one attached hydrogen (secondary N) is 1. The molecular weight excluding hydrogens is 462 g/mol. The Labute approximate surface area is 210 Å². The third kappa shape index (κ3) is 5.21. The Morgan fingerprint density at radius 3 is 2.40 bits per heavy atom. The number of likely N-dealkylation sites (tertiary alicyclic amines) is 1. The summed E-state index contributed by atoms with van der Waals surface area (Å²) >= 11 is 1.36. The Balaban J connectivity index is 1.63. The summed E-state index contributed by atoms with van der Waals surface area (Å²) in [4.78, 5) is 30.6. The average Bonchev–Trinajstić information content (AvgIpc) is 3.42. The zero-order chi connectivity index (χ0) is 25.1. The van der Waals surface area contributed by atoms with Gasteiger partial charge < -0.3 is 9.72 Å². The van der Waals surface area contributed by atoms with Crippen LogP contribution >= 0.6 is 11.8 Å². The first-order valence-corrected chi connectivity index (χ1v) is 13.0. The Bertz CT molecular complexity index is 1210. The van der Waals surface area contributed by atoms with Crippen molar-refractivity contribution in [3.63, 3.8) is 0 Å². The second-order valence-electron chi connectivity index (χ2n) is 9.04. The molecule has 1 atom stereocenters. The highest BCUT2D eigenvalue weighted by Gasteiger charge is 2.26. The number of thioether (sulfide) groups is 1. The van der Waals surface area contributed by atoms with Crippen LogP contribution < -0.4 is 4.74 Å². The number of H-pyrrole nitrogens is 1. The average molecular weight is 496 g/mol. The summed E-state index contributed by atoms with van der Waals surface area (Å²) in [5.74, 6) is 1.70. The summed E-state index contributed by atoms with van der Waals surface area (Å²) in [6, 6.07) is 7.90. The standard InChI is InChI=1S/C26H33N5O3S/c1-16-23(19(4)32)17(2)27-24(16)22(33)15-35-26-29-28-25(18(3)30-13-7-6-8-14-30)31(26)20-9-11-21(34-5)12-10-20/h9-12,18,27H,6-8,13-15H2,1-5H3/t18-/m1/s1. The lowest BCUT2D eigenvalue weighted by atomic mass is 10.1. The van der Waals surface area contributed by atoms with Crippen LogP contribution in [-0.4, -0.2) is 62.2 Å². The zero-order valence-corrected chi connectivity index (χ0v) is 21.9. The summed E-state index contributed by atoms with van der Waals surface area (Å²) in [7, 11) is 1.65. The van der Waals surface area contributed by atoms with Crippen LogP contribution in [0.15, 0.2) is 29.4 Å². The summed E-state index contributed by atoms with van der Waals surface area (Å²) in [5.41, 5.74) is 3.43. The van der Waals surface area contributed by atoms with Crippen molar-refractivity contribution in [1.82, 2.24) is 24.6 Å². The number of rotatable bonds is 9. The van der Waals surface area contributed by atoms with Gasteiger partial charge in [0.05, 0.1) is 24.6 Å². The summed E-state index contributed by atoms with van der Waals surface area (Å²) in [5, 5.41) is 9.73. The second-order valence-corrected chi connectivity index (χ2v) is 9.98. The van der Waals surface area contributed by atoms with Gasteiger partial charge >= 0.3 is 0 Å². The number of carbonyl (C=O) groups is 2. The maximum Gasteiger partial charge on any atom is 0.196 e. The van der Waals surface area contributed by atoms with E-state index in [1.165, 1.54) is 37.9 Å². The molecule has 1 saturated heterocycles. The number of benzene rings is 1. The lowest BCUT2D eigenvalue weighted by Gasteiger charge is -2.31. The lowest BCUT2D eigenvalue weighted by molar-refractivity contribution is 0.101. The number of aromatic amines is 1. The van der Waals surface area contributed by atoms with Crippen molar-refractivity contribution in [3.8, 4) is 11.4 Å². The highest BCUT2D eigenvalue weighted by atomic mass is 32.2. The topological polar surface area (TPSA) is 93.1 Å². The van der Waals surface area contributed by atoms with Crippen molar-refractivity contribution >= 4 is 23.3 Å². The molecule has 0 unspecified atom stereocenters. The smallest absolute Gasteiger partial charge is 0.196 e. The third-order valence-electron chi connectivity index (χ3n) is 6.70. The molecule has 1 fully saturated rings. The Morgan fingerprint density at radius 1 is 1.11 bits per heavy atom.